The van der Waals surface area contributed by atoms with Crippen molar-refractivity contribution in [2.45, 2.75) is 13.0 Å². The van der Waals surface area contributed by atoms with Crippen LogP contribution in [0.5, 0.6) is 0 Å². The molecule has 1 saturated heterocycles. The predicted octanol–water partition coefficient (Wildman–Crippen LogP) is 1.26. The van der Waals surface area contributed by atoms with Gasteiger partial charge in [-0.25, -0.2) is 0 Å². The minimum Gasteiger partial charge on any atom is -0.390 e. The topological polar surface area (TPSA) is 52.6 Å². The average Bonchev–Trinajstić information content (AvgIpc) is 2.21. The van der Waals surface area contributed by atoms with Crippen molar-refractivity contribution < 1.29 is 9.90 Å². The van der Waals surface area contributed by atoms with Crippen LogP contribution in [0.3, 0.4) is 0 Å². The number of halogens is 1. The average molecular weight is 255 g/mol. The van der Waals surface area contributed by atoms with Gasteiger partial charge in [-0.15, -0.1) is 0 Å². The Labute approximate surface area is 105 Å². The molecule has 1 amide bonds. The molecule has 4 nitrogen and oxygen atoms in total. The molecular formula is C12H15ClN2O2. The summed E-state index contributed by atoms with van der Waals surface area (Å²) >= 11 is 5.87. The molecule has 5 heteroatoms. The first-order chi connectivity index (χ1) is 8.04. The third-order valence-corrected chi connectivity index (χ3v) is 3.01. The van der Waals surface area contributed by atoms with Gasteiger partial charge in [-0.3, -0.25) is 9.69 Å². The zero-order chi connectivity index (χ0) is 12.4. The van der Waals surface area contributed by atoms with Crippen molar-refractivity contribution in [3.05, 3.63) is 28.8 Å². The standard InChI is InChI=1S/C12H15ClN2O2/c1-8-2-3-9(13)4-11(8)14-12(17)7-15-5-10(16)6-15/h2-4,10,16H,5-7H2,1H3,(H,14,17). The highest BCUT2D eigenvalue weighted by molar-refractivity contribution is 6.31. The molecule has 1 heterocycles. The molecule has 1 aliphatic heterocycles. The lowest BCUT2D eigenvalue weighted by molar-refractivity contribution is -0.119. The van der Waals surface area contributed by atoms with Gasteiger partial charge in [0.05, 0.1) is 12.6 Å². The van der Waals surface area contributed by atoms with E-state index in [9.17, 15) is 4.79 Å². The highest BCUT2D eigenvalue weighted by Gasteiger charge is 2.25. The van der Waals surface area contributed by atoms with Crippen LogP contribution >= 0.6 is 11.6 Å². The summed E-state index contributed by atoms with van der Waals surface area (Å²) in [6, 6.07) is 5.39. The first-order valence-corrected chi connectivity index (χ1v) is 5.89. The van der Waals surface area contributed by atoms with Crippen molar-refractivity contribution in [2.75, 3.05) is 25.0 Å². The number of nitrogens with zero attached hydrogens (tertiary/aromatic N) is 1. The normalized spacial score (nSPS) is 16.6. The highest BCUT2D eigenvalue weighted by atomic mass is 35.5. The summed E-state index contributed by atoms with van der Waals surface area (Å²) < 4.78 is 0. The number of aryl methyl sites for hydroxylation is 1. The van der Waals surface area contributed by atoms with E-state index < -0.39 is 0 Å². The van der Waals surface area contributed by atoms with E-state index in [1.165, 1.54) is 0 Å². The molecule has 0 spiro atoms. The van der Waals surface area contributed by atoms with Crippen molar-refractivity contribution in [1.29, 1.82) is 0 Å². The summed E-state index contributed by atoms with van der Waals surface area (Å²) in [5.41, 5.74) is 1.72. The lowest BCUT2D eigenvalue weighted by atomic mass is 10.1. The van der Waals surface area contributed by atoms with Crippen molar-refractivity contribution in [2.24, 2.45) is 0 Å². The number of likely N-dealkylation sites (tertiary alicyclic amines) is 1. The molecule has 17 heavy (non-hydrogen) atoms. The lowest BCUT2D eigenvalue weighted by Crippen LogP contribution is -2.53. The number of β-amino-alcohol motifs (C(OH)–C–C–N with tert-alkyl or cyclic N) is 1. The number of rotatable bonds is 3. The summed E-state index contributed by atoms with van der Waals surface area (Å²) in [7, 11) is 0. The summed E-state index contributed by atoms with van der Waals surface area (Å²) in [4.78, 5) is 13.6. The molecule has 1 aromatic rings. The first kappa shape index (κ1) is 12.4. The van der Waals surface area contributed by atoms with Gasteiger partial charge in [-0.1, -0.05) is 17.7 Å². The smallest absolute Gasteiger partial charge is 0.238 e. The van der Waals surface area contributed by atoms with Gasteiger partial charge in [0.25, 0.3) is 0 Å². The Morgan fingerprint density at radius 1 is 1.59 bits per heavy atom. The second-order valence-electron chi connectivity index (χ2n) is 4.36. The van der Waals surface area contributed by atoms with Crippen LogP contribution in [-0.4, -0.2) is 41.7 Å². The van der Waals surface area contributed by atoms with Gasteiger partial charge in [0, 0.05) is 23.8 Å². The number of aliphatic hydroxyl groups is 1. The van der Waals surface area contributed by atoms with E-state index in [2.05, 4.69) is 5.32 Å². The second kappa shape index (κ2) is 5.04. The van der Waals surface area contributed by atoms with E-state index in [-0.39, 0.29) is 12.0 Å². The summed E-state index contributed by atoms with van der Waals surface area (Å²) in [5, 5.41) is 12.5. The zero-order valence-electron chi connectivity index (χ0n) is 9.61. The largest absolute Gasteiger partial charge is 0.390 e. The molecule has 0 saturated carbocycles. The zero-order valence-corrected chi connectivity index (χ0v) is 10.4. The fourth-order valence-corrected chi connectivity index (χ4v) is 1.97. The number of hydrogen-bond donors (Lipinski definition) is 2. The van der Waals surface area contributed by atoms with Crippen molar-refractivity contribution in [3.63, 3.8) is 0 Å². The Kier molecular flexibility index (Phi) is 3.66. The molecule has 92 valence electrons. The Balaban J connectivity index is 1.91. The first-order valence-electron chi connectivity index (χ1n) is 5.51. The number of amides is 1. The Morgan fingerprint density at radius 2 is 2.29 bits per heavy atom. The van der Waals surface area contributed by atoms with Crippen molar-refractivity contribution >= 4 is 23.2 Å². The van der Waals surface area contributed by atoms with Crippen molar-refractivity contribution in [3.8, 4) is 0 Å². The molecule has 0 atom stereocenters. The van der Waals surface area contributed by atoms with Crippen LogP contribution in [0.25, 0.3) is 0 Å². The van der Waals surface area contributed by atoms with E-state index in [1.54, 1.807) is 12.1 Å². The number of carbonyl (C=O) groups is 1. The fraction of sp³-hybridized carbons (Fsp3) is 0.417. The van der Waals surface area contributed by atoms with Gasteiger partial charge >= 0.3 is 0 Å². The maximum Gasteiger partial charge on any atom is 0.238 e. The minimum absolute atomic E-state index is 0.0812. The highest BCUT2D eigenvalue weighted by Crippen LogP contribution is 2.20. The number of carbonyl (C=O) groups excluding carboxylic acids is 1. The molecule has 0 aromatic heterocycles. The fourth-order valence-electron chi connectivity index (χ4n) is 1.79. The van der Waals surface area contributed by atoms with E-state index in [4.69, 9.17) is 16.7 Å². The maximum atomic E-state index is 11.7. The molecule has 1 aliphatic rings. The number of nitrogens with one attached hydrogen (secondary N) is 1. The summed E-state index contributed by atoms with van der Waals surface area (Å²) in [6.07, 6.45) is -0.282. The van der Waals surface area contributed by atoms with E-state index >= 15 is 0 Å². The molecule has 0 unspecified atom stereocenters. The summed E-state index contributed by atoms with van der Waals surface area (Å²) in [6.45, 7) is 3.37. The Hall–Kier alpha value is -1.10. The molecular weight excluding hydrogens is 240 g/mol. The quantitative estimate of drug-likeness (QED) is 0.854. The number of anilines is 1. The molecule has 1 fully saturated rings. The third kappa shape index (κ3) is 3.19. The molecule has 1 aromatic carbocycles. The van der Waals surface area contributed by atoms with E-state index in [0.717, 1.165) is 11.3 Å². The van der Waals surface area contributed by atoms with Gasteiger partial charge in [0.15, 0.2) is 0 Å². The van der Waals surface area contributed by atoms with Gasteiger partial charge in [0.1, 0.15) is 0 Å². The number of benzene rings is 1. The second-order valence-corrected chi connectivity index (χ2v) is 4.79. The van der Waals surface area contributed by atoms with Crippen LogP contribution in [0.4, 0.5) is 5.69 Å². The number of aliphatic hydroxyl groups excluding tert-OH is 1. The number of hydrogen-bond acceptors (Lipinski definition) is 3. The molecule has 0 radical (unpaired) electrons. The van der Waals surface area contributed by atoms with Crippen LogP contribution < -0.4 is 5.32 Å². The summed E-state index contributed by atoms with van der Waals surface area (Å²) in [5.74, 6) is -0.0812. The minimum atomic E-state index is -0.282. The lowest BCUT2D eigenvalue weighted by Gasteiger charge is -2.35. The molecule has 2 rings (SSSR count). The van der Waals surface area contributed by atoms with E-state index in [1.807, 2.05) is 17.9 Å². The van der Waals surface area contributed by atoms with Gasteiger partial charge in [0.2, 0.25) is 5.91 Å². The molecule has 0 bridgehead atoms. The maximum absolute atomic E-state index is 11.7. The van der Waals surface area contributed by atoms with Crippen LogP contribution in [0.15, 0.2) is 18.2 Å². The van der Waals surface area contributed by atoms with E-state index in [0.29, 0.717) is 24.7 Å². The van der Waals surface area contributed by atoms with Gasteiger partial charge < -0.3 is 10.4 Å². The molecule has 0 aliphatic carbocycles. The predicted molar refractivity (Wildman–Crippen MR) is 67.3 cm³/mol. The van der Waals surface area contributed by atoms with Gasteiger partial charge in [-0.05, 0) is 24.6 Å². The molecule has 2 N–H and O–H groups in total. The van der Waals surface area contributed by atoms with Crippen LogP contribution in [0.1, 0.15) is 5.56 Å². The van der Waals surface area contributed by atoms with Crippen LogP contribution in [0.2, 0.25) is 5.02 Å². The SMILES string of the molecule is Cc1ccc(Cl)cc1NC(=O)CN1CC(O)C1. The van der Waals surface area contributed by atoms with Crippen LogP contribution in [0, 0.1) is 6.92 Å². The van der Waals surface area contributed by atoms with Crippen LogP contribution in [-0.2, 0) is 4.79 Å². The van der Waals surface area contributed by atoms with Crippen molar-refractivity contribution in [1.82, 2.24) is 4.90 Å². The monoisotopic (exact) mass is 254 g/mol. The Morgan fingerprint density at radius 3 is 2.94 bits per heavy atom. The van der Waals surface area contributed by atoms with Gasteiger partial charge in [-0.2, -0.15) is 0 Å². The Bertz CT molecular complexity index is 431. The third-order valence-electron chi connectivity index (χ3n) is 2.78.